The number of unbranched alkanes of at least 4 members (excludes halogenated alkanes) is 1. The predicted octanol–water partition coefficient (Wildman–Crippen LogP) is 0.599. The highest BCUT2D eigenvalue weighted by molar-refractivity contribution is 5.72. The number of carbonyl (C=O) groups is 1. The molecule has 0 heterocycles. The van der Waals surface area contributed by atoms with E-state index in [2.05, 4.69) is 5.92 Å². The molecule has 0 aliphatic carbocycles. The Bertz CT molecular complexity index is 112. The largest absolute Gasteiger partial charge is 0.273 e. The molecule has 0 saturated heterocycles. The summed E-state index contributed by atoms with van der Waals surface area (Å²) in [6.07, 6.45) is 6.44. The third kappa shape index (κ3) is 5.03. The number of hydrogen-bond donors (Lipinski definition) is 0. The van der Waals surface area contributed by atoms with Crippen molar-refractivity contribution < 1.29 is 4.79 Å². The fourth-order valence-electron chi connectivity index (χ4n) is 0.351. The van der Waals surface area contributed by atoms with Crippen LogP contribution in [0.1, 0.15) is 19.3 Å². The zero-order chi connectivity index (χ0) is 6.41. The van der Waals surface area contributed by atoms with E-state index in [9.17, 15) is 4.79 Å². The lowest BCUT2D eigenvalue weighted by molar-refractivity contribution is -0.118. The average Bonchev–Trinajstić information content (AvgIpc) is 1.66. The number of amides is 1. The molecule has 1 amide bonds. The molecule has 0 fully saturated rings. The van der Waals surface area contributed by atoms with E-state index in [0.29, 0.717) is 19.3 Å². The summed E-state index contributed by atoms with van der Waals surface area (Å²) in [5.74, 6) is 1.86. The van der Waals surface area contributed by atoms with Crippen molar-refractivity contribution in [3.8, 4) is 12.3 Å². The van der Waals surface area contributed by atoms with Crippen LogP contribution < -0.4 is 5.73 Å². The molecule has 1 N–H and O–H groups in total. The summed E-state index contributed by atoms with van der Waals surface area (Å²) < 4.78 is 0. The highest BCUT2D eigenvalue weighted by Gasteiger charge is 1.90. The molecule has 2 nitrogen and oxygen atoms in total. The highest BCUT2D eigenvalue weighted by Crippen LogP contribution is 1.91. The van der Waals surface area contributed by atoms with Gasteiger partial charge in [-0.15, -0.1) is 12.3 Å². The van der Waals surface area contributed by atoms with Crippen molar-refractivity contribution in [2.24, 2.45) is 0 Å². The lowest BCUT2D eigenvalue weighted by Crippen LogP contribution is -1.95. The number of rotatable bonds is 3. The Hall–Kier alpha value is -0.970. The van der Waals surface area contributed by atoms with Gasteiger partial charge >= 0.3 is 0 Å². The van der Waals surface area contributed by atoms with E-state index in [1.807, 2.05) is 0 Å². The molecule has 0 unspecified atom stereocenters. The Balaban J connectivity index is 2.97. The molecule has 43 valence electrons. The normalized spacial score (nSPS) is 7.88. The smallest absolute Gasteiger partial charge is 0.238 e. The van der Waals surface area contributed by atoms with E-state index in [4.69, 9.17) is 12.2 Å². The van der Waals surface area contributed by atoms with E-state index < -0.39 is 5.91 Å². The first-order chi connectivity index (χ1) is 3.77. The van der Waals surface area contributed by atoms with Gasteiger partial charge < -0.3 is 0 Å². The van der Waals surface area contributed by atoms with Gasteiger partial charge in [-0.2, -0.15) is 0 Å². The van der Waals surface area contributed by atoms with Crippen LogP contribution in [0, 0.1) is 12.3 Å². The van der Waals surface area contributed by atoms with Gasteiger partial charge in [0.1, 0.15) is 0 Å². The fraction of sp³-hybridized carbons (Fsp3) is 0.500. The minimum absolute atomic E-state index is 0.296. The Morgan fingerprint density at radius 2 is 2.38 bits per heavy atom. The molecule has 1 radical (unpaired) electrons. The summed E-state index contributed by atoms with van der Waals surface area (Å²) in [6, 6.07) is 0. The third-order valence-corrected chi connectivity index (χ3v) is 0.725. The standard InChI is InChI=1S/C6H8NO/c1-2-3-4-5-6(7)8/h1,7H,3-5H2. The molecule has 0 aromatic rings. The Morgan fingerprint density at radius 1 is 1.75 bits per heavy atom. The van der Waals surface area contributed by atoms with Crippen LogP contribution in [-0.4, -0.2) is 5.91 Å². The number of carbonyl (C=O) groups excluding carboxylic acids is 1. The van der Waals surface area contributed by atoms with Crippen molar-refractivity contribution in [2.75, 3.05) is 0 Å². The summed E-state index contributed by atoms with van der Waals surface area (Å²) in [4.78, 5) is 9.92. The quantitative estimate of drug-likeness (QED) is 0.387. The molecular formula is C6H8NO. The van der Waals surface area contributed by atoms with Crippen molar-refractivity contribution in [1.82, 2.24) is 5.73 Å². The van der Waals surface area contributed by atoms with Gasteiger partial charge in [0.25, 0.3) is 0 Å². The van der Waals surface area contributed by atoms with Crippen LogP contribution in [0.15, 0.2) is 0 Å². The monoisotopic (exact) mass is 110 g/mol. The summed E-state index contributed by atoms with van der Waals surface area (Å²) in [5, 5.41) is 0. The minimum atomic E-state index is -0.528. The fourth-order valence-corrected chi connectivity index (χ4v) is 0.351. The van der Waals surface area contributed by atoms with E-state index in [1.165, 1.54) is 0 Å². The molecule has 0 aliphatic heterocycles. The molecule has 0 rings (SSSR count). The second-order valence-electron chi connectivity index (χ2n) is 1.48. The van der Waals surface area contributed by atoms with Crippen molar-refractivity contribution in [2.45, 2.75) is 19.3 Å². The average molecular weight is 110 g/mol. The van der Waals surface area contributed by atoms with Gasteiger partial charge in [-0.05, 0) is 6.42 Å². The van der Waals surface area contributed by atoms with Crippen molar-refractivity contribution in [1.29, 1.82) is 0 Å². The van der Waals surface area contributed by atoms with E-state index in [1.54, 1.807) is 0 Å². The zero-order valence-corrected chi connectivity index (χ0v) is 4.61. The molecule has 0 spiro atoms. The third-order valence-electron chi connectivity index (χ3n) is 0.725. The first-order valence-corrected chi connectivity index (χ1v) is 2.45. The van der Waals surface area contributed by atoms with Crippen LogP contribution in [0.4, 0.5) is 0 Å². The van der Waals surface area contributed by atoms with Crippen molar-refractivity contribution in [3.05, 3.63) is 0 Å². The van der Waals surface area contributed by atoms with Crippen LogP contribution >= 0.6 is 0 Å². The second-order valence-corrected chi connectivity index (χ2v) is 1.48. The predicted molar refractivity (Wildman–Crippen MR) is 30.8 cm³/mol. The maximum atomic E-state index is 9.92. The van der Waals surface area contributed by atoms with Crippen LogP contribution in [0.25, 0.3) is 0 Å². The summed E-state index contributed by atoms with van der Waals surface area (Å²) in [5.41, 5.74) is 6.45. The number of terminal acetylenes is 1. The van der Waals surface area contributed by atoms with Gasteiger partial charge in [-0.25, -0.2) is 0 Å². The topological polar surface area (TPSA) is 40.9 Å². The van der Waals surface area contributed by atoms with Gasteiger partial charge in [0.2, 0.25) is 5.91 Å². The van der Waals surface area contributed by atoms with Crippen LogP contribution in [0.2, 0.25) is 0 Å². The minimum Gasteiger partial charge on any atom is -0.273 e. The highest BCUT2D eigenvalue weighted by atomic mass is 16.1. The summed E-state index contributed by atoms with van der Waals surface area (Å²) in [7, 11) is 0. The SMILES string of the molecule is C#CCCCC([NH])=O. The molecule has 8 heavy (non-hydrogen) atoms. The van der Waals surface area contributed by atoms with Gasteiger partial charge in [0, 0.05) is 12.8 Å². The molecule has 0 saturated carbocycles. The number of nitrogens with one attached hydrogen (secondary N) is 1. The maximum Gasteiger partial charge on any atom is 0.238 e. The molecule has 0 aromatic carbocycles. The first-order valence-electron chi connectivity index (χ1n) is 2.45. The molecule has 0 atom stereocenters. The van der Waals surface area contributed by atoms with Crippen LogP contribution in [0.5, 0.6) is 0 Å². The van der Waals surface area contributed by atoms with Gasteiger partial charge in [-0.3, -0.25) is 10.5 Å². The van der Waals surface area contributed by atoms with E-state index >= 15 is 0 Å². The number of hydrogen-bond acceptors (Lipinski definition) is 1. The molecule has 0 bridgehead atoms. The van der Waals surface area contributed by atoms with Crippen molar-refractivity contribution in [3.63, 3.8) is 0 Å². The van der Waals surface area contributed by atoms with E-state index in [0.717, 1.165) is 0 Å². The molecule has 2 heteroatoms. The van der Waals surface area contributed by atoms with Gasteiger partial charge in [-0.1, -0.05) is 0 Å². The Labute approximate surface area is 49.1 Å². The van der Waals surface area contributed by atoms with Crippen LogP contribution in [0.3, 0.4) is 0 Å². The van der Waals surface area contributed by atoms with Crippen molar-refractivity contribution >= 4 is 5.91 Å². The Morgan fingerprint density at radius 3 is 2.75 bits per heavy atom. The van der Waals surface area contributed by atoms with Crippen LogP contribution in [-0.2, 0) is 4.79 Å². The second kappa shape index (κ2) is 4.20. The summed E-state index contributed by atoms with van der Waals surface area (Å²) in [6.45, 7) is 0. The lowest BCUT2D eigenvalue weighted by Gasteiger charge is -1.85. The van der Waals surface area contributed by atoms with E-state index in [-0.39, 0.29) is 0 Å². The summed E-state index contributed by atoms with van der Waals surface area (Å²) >= 11 is 0. The molecule has 0 aliphatic rings. The Kier molecular flexibility index (Phi) is 3.69. The zero-order valence-electron chi connectivity index (χ0n) is 4.61. The van der Waals surface area contributed by atoms with Gasteiger partial charge in [0.15, 0.2) is 0 Å². The lowest BCUT2D eigenvalue weighted by atomic mass is 10.2. The molecular weight excluding hydrogens is 102 g/mol. The first kappa shape index (κ1) is 7.03. The van der Waals surface area contributed by atoms with Gasteiger partial charge in [0.05, 0.1) is 0 Å². The molecule has 0 aromatic heterocycles. The maximum absolute atomic E-state index is 9.92.